The van der Waals surface area contributed by atoms with Crippen LogP contribution in [0.25, 0.3) is 0 Å². The van der Waals surface area contributed by atoms with Crippen LogP contribution in [-0.4, -0.2) is 29.7 Å². The zero-order valence-electron chi connectivity index (χ0n) is 11.4. The number of furan rings is 1. The fraction of sp³-hybridized carbons (Fsp3) is 0.643. The maximum Gasteiger partial charge on any atom is 0.157 e. The summed E-state index contributed by atoms with van der Waals surface area (Å²) >= 11 is 1.82. The molecule has 19 heavy (non-hydrogen) atoms. The molecule has 1 aromatic heterocycles. The first-order chi connectivity index (χ1) is 9.17. The Kier molecular flexibility index (Phi) is 3.58. The minimum absolute atomic E-state index is 0.0682. The van der Waals surface area contributed by atoms with Crippen molar-refractivity contribution >= 4 is 16.9 Å². The van der Waals surface area contributed by atoms with Gasteiger partial charge in [-0.3, -0.25) is 4.99 Å². The minimum atomic E-state index is 0.0682. The molecule has 3 rings (SSSR count). The number of thioether (sulfide) groups is 1. The number of ether oxygens (including phenoxy) is 1. The summed E-state index contributed by atoms with van der Waals surface area (Å²) in [6.45, 7) is 5.74. The van der Waals surface area contributed by atoms with Crippen LogP contribution >= 0.6 is 11.8 Å². The molecule has 4 nitrogen and oxygen atoms in total. The van der Waals surface area contributed by atoms with Gasteiger partial charge in [-0.15, -0.1) is 0 Å². The molecule has 1 spiro atoms. The molecular weight excluding hydrogens is 260 g/mol. The van der Waals surface area contributed by atoms with E-state index < -0.39 is 0 Å². The van der Waals surface area contributed by atoms with Gasteiger partial charge in [0.1, 0.15) is 17.6 Å². The summed E-state index contributed by atoms with van der Waals surface area (Å²) in [5.41, 5.74) is 0.209. The Morgan fingerprint density at radius 2 is 2.16 bits per heavy atom. The molecule has 0 bridgehead atoms. The van der Waals surface area contributed by atoms with E-state index >= 15 is 0 Å². The quantitative estimate of drug-likeness (QED) is 0.905. The van der Waals surface area contributed by atoms with Gasteiger partial charge in [-0.1, -0.05) is 11.8 Å². The van der Waals surface area contributed by atoms with Crippen molar-refractivity contribution in [3.8, 4) is 0 Å². The normalized spacial score (nSPS) is 25.7. The van der Waals surface area contributed by atoms with Gasteiger partial charge in [-0.2, -0.15) is 0 Å². The Bertz CT molecular complexity index is 478. The predicted molar refractivity (Wildman–Crippen MR) is 77.7 cm³/mol. The van der Waals surface area contributed by atoms with E-state index in [4.69, 9.17) is 14.1 Å². The van der Waals surface area contributed by atoms with Crippen LogP contribution in [0.3, 0.4) is 0 Å². The van der Waals surface area contributed by atoms with Gasteiger partial charge in [0.25, 0.3) is 0 Å². The van der Waals surface area contributed by atoms with Crippen molar-refractivity contribution in [3.63, 3.8) is 0 Å². The highest BCUT2D eigenvalue weighted by Crippen LogP contribution is 2.33. The van der Waals surface area contributed by atoms with Gasteiger partial charge in [-0.05, 0) is 38.8 Å². The third-order valence-electron chi connectivity index (χ3n) is 3.79. The lowest BCUT2D eigenvalue weighted by Gasteiger charge is -2.32. The molecule has 0 aliphatic carbocycles. The predicted octanol–water partition coefficient (Wildman–Crippen LogP) is 2.89. The topological polar surface area (TPSA) is 46.8 Å². The fourth-order valence-electron chi connectivity index (χ4n) is 2.52. The van der Waals surface area contributed by atoms with Crippen molar-refractivity contribution in [2.24, 2.45) is 4.99 Å². The molecule has 2 aliphatic heterocycles. The maximum absolute atomic E-state index is 5.63. The standard InChI is InChI=1S/C14H20N2O2S/c1-10-3-4-12(18-10)11(2)15-13-16-14(9-19-13)5-7-17-8-6-14/h3-4,11H,5-9H2,1-2H3,(H,15,16). The molecule has 0 amide bonds. The van der Waals surface area contributed by atoms with Crippen LogP contribution in [0.2, 0.25) is 0 Å². The van der Waals surface area contributed by atoms with Crippen molar-refractivity contribution in [3.05, 3.63) is 23.7 Å². The first-order valence-electron chi connectivity index (χ1n) is 6.80. The molecule has 1 unspecified atom stereocenters. The highest BCUT2D eigenvalue weighted by molar-refractivity contribution is 8.14. The lowest BCUT2D eigenvalue weighted by atomic mass is 9.93. The highest BCUT2D eigenvalue weighted by Gasteiger charge is 2.38. The molecule has 104 valence electrons. The van der Waals surface area contributed by atoms with Gasteiger partial charge in [0.05, 0.1) is 5.54 Å². The third kappa shape index (κ3) is 2.82. The third-order valence-corrected chi connectivity index (χ3v) is 4.97. The molecule has 2 saturated heterocycles. The van der Waals surface area contributed by atoms with E-state index in [0.717, 1.165) is 48.5 Å². The summed E-state index contributed by atoms with van der Waals surface area (Å²) in [6.07, 6.45) is 2.15. The van der Waals surface area contributed by atoms with Crippen molar-refractivity contribution in [1.82, 2.24) is 5.32 Å². The van der Waals surface area contributed by atoms with E-state index in [0.29, 0.717) is 0 Å². The molecule has 2 fully saturated rings. The second kappa shape index (κ2) is 5.21. The van der Waals surface area contributed by atoms with Gasteiger partial charge >= 0.3 is 0 Å². The summed E-state index contributed by atoms with van der Waals surface area (Å²) in [7, 11) is 0. The zero-order valence-corrected chi connectivity index (χ0v) is 12.3. The van der Waals surface area contributed by atoms with Crippen LogP contribution < -0.4 is 5.32 Å². The second-order valence-corrected chi connectivity index (χ2v) is 6.33. The van der Waals surface area contributed by atoms with Crippen LogP contribution in [0.4, 0.5) is 0 Å². The van der Waals surface area contributed by atoms with E-state index in [1.807, 2.05) is 30.8 Å². The highest BCUT2D eigenvalue weighted by atomic mass is 32.2. The van der Waals surface area contributed by atoms with Crippen molar-refractivity contribution in [1.29, 1.82) is 0 Å². The van der Waals surface area contributed by atoms with E-state index in [1.165, 1.54) is 0 Å². The molecule has 3 heterocycles. The lowest BCUT2D eigenvalue weighted by Crippen LogP contribution is -2.48. The Morgan fingerprint density at radius 3 is 2.84 bits per heavy atom. The van der Waals surface area contributed by atoms with Gasteiger partial charge in [0.15, 0.2) is 5.17 Å². The first-order valence-corrected chi connectivity index (χ1v) is 7.78. The zero-order chi connectivity index (χ0) is 13.3. The summed E-state index contributed by atoms with van der Waals surface area (Å²) in [6, 6.07) is 4.06. The van der Waals surface area contributed by atoms with E-state index in [1.54, 1.807) is 0 Å². The fourth-order valence-corrected chi connectivity index (χ4v) is 3.82. The van der Waals surface area contributed by atoms with Gasteiger partial charge in [0, 0.05) is 19.0 Å². The van der Waals surface area contributed by atoms with Crippen molar-refractivity contribution < 1.29 is 9.15 Å². The summed E-state index contributed by atoms with van der Waals surface area (Å²) in [5.74, 6) is 2.97. The summed E-state index contributed by atoms with van der Waals surface area (Å²) in [4.78, 5) is 4.74. The Labute approximate surface area is 118 Å². The Hall–Kier alpha value is -0.940. The first kappa shape index (κ1) is 13.1. The lowest BCUT2D eigenvalue weighted by molar-refractivity contribution is 0.0555. The van der Waals surface area contributed by atoms with Crippen LogP contribution in [0.1, 0.15) is 37.3 Å². The summed E-state index contributed by atoms with van der Waals surface area (Å²) < 4.78 is 11.1. The minimum Gasteiger partial charge on any atom is -0.464 e. The molecule has 0 saturated carbocycles. The number of hydrogen-bond donors (Lipinski definition) is 1. The number of nitrogens with zero attached hydrogens (tertiary/aromatic N) is 1. The van der Waals surface area contributed by atoms with Crippen LogP contribution in [0, 0.1) is 6.92 Å². The number of nitrogens with one attached hydrogen (secondary N) is 1. The maximum atomic E-state index is 5.63. The monoisotopic (exact) mass is 280 g/mol. The number of aryl methyl sites for hydroxylation is 1. The second-order valence-electron chi connectivity index (χ2n) is 5.37. The number of rotatable bonds is 2. The summed E-state index contributed by atoms with van der Waals surface area (Å²) in [5, 5.41) is 4.65. The number of hydrogen-bond acceptors (Lipinski definition) is 4. The molecule has 5 heteroatoms. The molecule has 0 radical (unpaired) electrons. The molecular formula is C14H20N2O2S. The Balaban J connectivity index is 1.68. The number of amidine groups is 1. The Morgan fingerprint density at radius 1 is 1.37 bits per heavy atom. The van der Waals surface area contributed by atoms with Crippen molar-refractivity contribution in [2.75, 3.05) is 19.0 Å². The molecule has 1 N–H and O–H groups in total. The van der Waals surface area contributed by atoms with E-state index in [-0.39, 0.29) is 11.6 Å². The van der Waals surface area contributed by atoms with Crippen LogP contribution in [-0.2, 0) is 4.74 Å². The molecule has 0 aromatic carbocycles. The largest absolute Gasteiger partial charge is 0.464 e. The van der Waals surface area contributed by atoms with Crippen molar-refractivity contribution in [2.45, 2.75) is 38.3 Å². The van der Waals surface area contributed by atoms with Gasteiger partial charge in [-0.25, -0.2) is 0 Å². The average Bonchev–Trinajstić information content (AvgIpc) is 2.98. The molecule has 1 atom stereocenters. The van der Waals surface area contributed by atoms with Crippen LogP contribution in [0.15, 0.2) is 21.5 Å². The smallest absolute Gasteiger partial charge is 0.157 e. The van der Waals surface area contributed by atoms with Gasteiger partial charge in [0.2, 0.25) is 0 Å². The SMILES string of the molecule is Cc1ccc(C(C)N=C2NC3(CCOCC3)CS2)o1. The average molecular weight is 280 g/mol. The molecule has 1 aromatic rings. The number of aliphatic imine (C=N–C) groups is 1. The van der Waals surface area contributed by atoms with Crippen LogP contribution in [0.5, 0.6) is 0 Å². The van der Waals surface area contributed by atoms with E-state index in [2.05, 4.69) is 12.2 Å². The van der Waals surface area contributed by atoms with Gasteiger partial charge < -0.3 is 14.5 Å². The molecule has 2 aliphatic rings. The van der Waals surface area contributed by atoms with E-state index in [9.17, 15) is 0 Å².